The molecule has 7 nitrogen and oxygen atoms in total. The lowest BCUT2D eigenvalue weighted by Gasteiger charge is -2.09. The van der Waals surface area contributed by atoms with Crippen molar-refractivity contribution in [1.82, 2.24) is 19.6 Å². The van der Waals surface area contributed by atoms with Gasteiger partial charge in [-0.25, -0.2) is 9.50 Å². The summed E-state index contributed by atoms with van der Waals surface area (Å²) in [4.78, 5) is 19.7. The molecule has 0 aliphatic carbocycles. The Hall–Kier alpha value is -3.74. The molecule has 0 spiro atoms. The van der Waals surface area contributed by atoms with Gasteiger partial charge in [-0.2, -0.15) is 5.10 Å². The van der Waals surface area contributed by atoms with Gasteiger partial charge in [-0.05, 0) is 29.8 Å². The minimum atomic E-state index is -0.522. The number of primary amides is 1. The first kappa shape index (κ1) is 15.8. The Bertz CT molecular complexity index is 1060. The summed E-state index contributed by atoms with van der Waals surface area (Å²) in [5, 5.41) is 7.54. The number of amides is 1. The molecule has 3 aromatic heterocycles. The molecule has 1 aromatic carbocycles. The first-order valence-electron chi connectivity index (χ1n) is 8.08. The molecule has 128 valence electrons. The van der Waals surface area contributed by atoms with E-state index in [1.165, 1.54) is 6.33 Å². The van der Waals surface area contributed by atoms with Crippen molar-refractivity contribution in [2.24, 2.45) is 5.73 Å². The van der Waals surface area contributed by atoms with E-state index < -0.39 is 5.91 Å². The molecule has 0 saturated carbocycles. The summed E-state index contributed by atoms with van der Waals surface area (Å²) >= 11 is 0. The second-order valence-corrected chi connectivity index (χ2v) is 5.78. The average Bonchev–Trinajstić information content (AvgIpc) is 3.16. The monoisotopic (exact) mass is 344 g/mol. The molecule has 0 atom stereocenters. The molecule has 0 saturated heterocycles. The maximum atomic E-state index is 11.5. The molecule has 7 heteroatoms. The molecule has 0 aliphatic heterocycles. The van der Waals surface area contributed by atoms with Crippen molar-refractivity contribution in [2.75, 3.05) is 5.32 Å². The number of fused-ring (bicyclic) bond motifs is 1. The van der Waals surface area contributed by atoms with Crippen molar-refractivity contribution >= 4 is 17.2 Å². The van der Waals surface area contributed by atoms with Crippen LogP contribution in [0.3, 0.4) is 0 Å². The number of carbonyl (C=O) groups excluding carboxylic acids is 1. The smallest absolute Gasteiger partial charge is 0.252 e. The van der Waals surface area contributed by atoms with Crippen LogP contribution in [0.15, 0.2) is 67.3 Å². The largest absolute Gasteiger partial charge is 0.380 e. The van der Waals surface area contributed by atoms with Crippen LogP contribution in [0.25, 0.3) is 16.9 Å². The molecule has 4 rings (SSSR count). The van der Waals surface area contributed by atoms with E-state index in [4.69, 9.17) is 5.73 Å². The Labute approximate surface area is 149 Å². The molecule has 3 heterocycles. The minimum absolute atomic E-state index is 0.351. The zero-order valence-electron chi connectivity index (χ0n) is 13.8. The van der Waals surface area contributed by atoms with Gasteiger partial charge in [0.1, 0.15) is 6.33 Å². The predicted molar refractivity (Wildman–Crippen MR) is 98.5 cm³/mol. The van der Waals surface area contributed by atoms with Gasteiger partial charge in [0.15, 0.2) is 5.65 Å². The standard InChI is InChI=1S/C19H16N6O/c20-18(26)16-7-8-17(25-19(16)23-12-24-25)14-5-3-13(4-6-14)10-22-15-2-1-9-21-11-15/h1-9,11-12,22H,10H2,(H2,20,26). The van der Waals surface area contributed by atoms with Crippen LogP contribution >= 0.6 is 0 Å². The third-order valence-electron chi connectivity index (χ3n) is 4.10. The summed E-state index contributed by atoms with van der Waals surface area (Å²) in [6, 6.07) is 15.5. The third kappa shape index (κ3) is 2.98. The number of anilines is 1. The van der Waals surface area contributed by atoms with Gasteiger partial charge in [-0.1, -0.05) is 24.3 Å². The van der Waals surface area contributed by atoms with E-state index in [0.717, 1.165) is 22.5 Å². The van der Waals surface area contributed by atoms with Crippen LogP contribution in [0.1, 0.15) is 15.9 Å². The summed E-state index contributed by atoms with van der Waals surface area (Å²) < 4.78 is 1.63. The van der Waals surface area contributed by atoms with Crippen molar-refractivity contribution in [3.05, 3.63) is 78.4 Å². The van der Waals surface area contributed by atoms with Gasteiger partial charge in [-0.3, -0.25) is 9.78 Å². The van der Waals surface area contributed by atoms with Gasteiger partial charge in [0.05, 0.1) is 16.9 Å². The van der Waals surface area contributed by atoms with Crippen molar-refractivity contribution in [3.63, 3.8) is 0 Å². The Morgan fingerprint density at radius 2 is 1.96 bits per heavy atom. The number of nitrogens with one attached hydrogen (secondary N) is 1. The van der Waals surface area contributed by atoms with Gasteiger partial charge in [0.2, 0.25) is 0 Å². The number of hydrogen-bond donors (Lipinski definition) is 2. The summed E-state index contributed by atoms with van der Waals surface area (Å²) in [5.41, 5.74) is 10.1. The number of nitrogens with zero attached hydrogens (tertiary/aromatic N) is 4. The maximum Gasteiger partial charge on any atom is 0.252 e. The highest BCUT2D eigenvalue weighted by Gasteiger charge is 2.13. The number of nitrogens with two attached hydrogens (primary N) is 1. The van der Waals surface area contributed by atoms with Gasteiger partial charge in [0.25, 0.3) is 5.91 Å². The number of rotatable bonds is 5. The highest BCUT2D eigenvalue weighted by Crippen LogP contribution is 2.22. The maximum absolute atomic E-state index is 11.5. The van der Waals surface area contributed by atoms with Gasteiger partial charge >= 0.3 is 0 Å². The molecule has 0 fully saturated rings. The van der Waals surface area contributed by atoms with Crippen LogP contribution in [0, 0.1) is 0 Å². The molecular weight excluding hydrogens is 328 g/mol. The van der Waals surface area contributed by atoms with Crippen LogP contribution in [0.5, 0.6) is 0 Å². The molecule has 0 unspecified atom stereocenters. The Kier molecular flexibility index (Phi) is 4.03. The molecule has 0 bridgehead atoms. The van der Waals surface area contributed by atoms with Crippen molar-refractivity contribution in [2.45, 2.75) is 6.54 Å². The Morgan fingerprint density at radius 3 is 2.69 bits per heavy atom. The molecule has 1 amide bonds. The molecule has 4 aromatic rings. The Balaban J connectivity index is 1.59. The zero-order chi connectivity index (χ0) is 17.9. The van der Waals surface area contributed by atoms with E-state index in [-0.39, 0.29) is 0 Å². The molecular formula is C19H16N6O. The second-order valence-electron chi connectivity index (χ2n) is 5.78. The molecule has 26 heavy (non-hydrogen) atoms. The van der Waals surface area contributed by atoms with Crippen LogP contribution in [0.4, 0.5) is 5.69 Å². The first-order valence-corrected chi connectivity index (χ1v) is 8.08. The fourth-order valence-electron chi connectivity index (χ4n) is 2.78. The lowest BCUT2D eigenvalue weighted by molar-refractivity contribution is 0.100. The summed E-state index contributed by atoms with van der Waals surface area (Å²) in [6.07, 6.45) is 4.95. The number of aromatic nitrogens is 4. The van der Waals surface area contributed by atoms with E-state index in [1.54, 1.807) is 23.0 Å². The van der Waals surface area contributed by atoms with Crippen molar-refractivity contribution < 1.29 is 4.79 Å². The Morgan fingerprint density at radius 1 is 1.12 bits per heavy atom. The fraction of sp³-hybridized carbons (Fsp3) is 0.0526. The van der Waals surface area contributed by atoms with E-state index in [2.05, 4.69) is 20.4 Å². The van der Waals surface area contributed by atoms with Gasteiger partial charge in [0, 0.05) is 24.5 Å². The normalized spacial score (nSPS) is 10.8. The quantitative estimate of drug-likeness (QED) is 0.580. The zero-order valence-corrected chi connectivity index (χ0v) is 13.8. The first-order chi connectivity index (χ1) is 12.7. The van der Waals surface area contributed by atoms with Crippen LogP contribution in [0.2, 0.25) is 0 Å². The number of benzene rings is 1. The van der Waals surface area contributed by atoms with Crippen LogP contribution < -0.4 is 11.1 Å². The van der Waals surface area contributed by atoms with Crippen molar-refractivity contribution in [3.8, 4) is 11.3 Å². The lowest BCUT2D eigenvalue weighted by Crippen LogP contribution is -2.13. The third-order valence-corrected chi connectivity index (χ3v) is 4.10. The number of hydrogen-bond acceptors (Lipinski definition) is 5. The number of carbonyl (C=O) groups is 1. The number of pyridine rings is 2. The summed E-state index contributed by atoms with van der Waals surface area (Å²) in [5.74, 6) is -0.522. The fourth-order valence-corrected chi connectivity index (χ4v) is 2.78. The second kappa shape index (κ2) is 6.64. The minimum Gasteiger partial charge on any atom is -0.380 e. The summed E-state index contributed by atoms with van der Waals surface area (Å²) in [6.45, 7) is 0.700. The van der Waals surface area contributed by atoms with E-state index >= 15 is 0 Å². The predicted octanol–water partition coefficient (Wildman–Crippen LogP) is 2.50. The highest BCUT2D eigenvalue weighted by molar-refractivity contribution is 5.99. The van der Waals surface area contributed by atoms with Gasteiger partial charge in [-0.15, -0.1) is 0 Å². The molecule has 3 N–H and O–H groups in total. The summed E-state index contributed by atoms with van der Waals surface area (Å²) in [7, 11) is 0. The van der Waals surface area contributed by atoms with Crippen molar-refractivity contribution in [1.29, 1.82) is 0 Å². The molecule has 0 radical (unpaired) electrons. The van der Waals surface area contributed by atoms with Crippen LogP contribution in [-0.2, 0) is 6.54 Å². The SMILES string of the molecule is NC(=O)c1ccc(-c2ccc(CNc3cccnc3)cc2)n2ncnc12. The van der Waals surface area contributed by atoms with E-state index in [0.29, 0.717) is 17.8 Å². The molecule has 0 aliphatic rings. The van der Waals surface area contributed by atoms with E-state index in [9.17, 15) is 4.79 Å². The average molecular weight is 344 g/mol. The lowest BCUT2D eigenvalue weighted by atomic mass is 10.1. The van der Waals surface area contributed by atoms with Gasteiger partial charge < -0.3 is 11.1 Å². The van der Waals surface area contributed by atoms with Crippen LogP contribution in [-0.4, -0.2) is 25.5 Å². The topological polar surface area (TPSA) is 98.2 Å². The highest BCUT2D eigenvalue weighted by atomic mass is 16.1. The van der Waals surface area contributed by atoms with E-state index in [1.807, 2.05) is 42.5 Å².